The number of hydrogen-bond donors (Lipinski definition) is 1. The molecule has 3 nitrogen and oxygen atoms in total. The van der Waals surface area contributed by atoms with Gasteiger partial charge in [-0.15, -0.1) is 0 Å². The van der Waals surface area contributed by atoms with Crippen LogP contribution < -0.4 is 5.73 Å². The Kier molecular flexibility index (Phi) is 1.89. The first-order chi connectivity index (χ1) is 5.77. The fourth-order valence-corrected chi connectivity index (χ4v) is 1.53. The second-order valence-electron chi connectivity index (χ2n) is 3.09. The molecule has 0 unspecified atom stereocenters. The Morgan fingerprint density at radius 3 is 2.75 bits per heavy atom. The molecule has 1 saturated carbocycles. The van der Waals surface area contributed by atoms with E-state index >= 15 is 0 Å². The van der Waals surface area contributed by atoms with Crippen LogP contribution in [0.4, 0.5) is 5.82 Å². The number of anilines is 1. The minimum atomic E-state index is 0.371. The Labute approximate surface area is 76.0 Å². The van der Waals surface area contributed by atoms with Crippen LogP contribution in [0.25, 0.3) is 0 Å². The monoisotopic (exact) mass is 183 g/mol. The van der Waals surface area contributed by atoms with Crippen molar-refractivity contribution in [1.29, 1.82) is 0 Å². The average molecular weight is 184 g/mol. The van der Waals surface area contributed by atoms with Crippen molar-refractivity contribution in [1.82, 2.24) is 9.97 Å². The lowest BCUT2D eigenvalue weighted by Crippen LogP contribution is -2.13. The Morgan fingerprint density at radius 1 is 1.50 bits per heavy atom. The average Bonchev–Trinajstić information content (AvgIpc) is 1.91. The largest absolute Gasteiger partial charge is 0.382 e. The van der Waals surface area contributed by atoms with Gasteiger partial charge in [-0.1, -0.05) is 18.0 Å². The van der Waals surface area contributed by atoms with Gasteiger partial charge in [-0.25, -0.2) is 4.98 Å². The lowest BCUT2D eigenvalue weighted by atomic mass is 9.83. The molecule has 2 N–H and O–H groups in total. The van der Waals surface area contributed by atoms with Crippen molar-refractivity contribution in [3.63, 3.8) is 0 Å². The predicted molar refractivity (Wildman–Crippen MR) is 48.0 cm³/mol. The number of nitrogens with two attached hydrogens (primary N) is 1. The van der Waals surface area contributed by atoms with E-state index in [2.05, 4.69) is 9.97 Å². The third-order valence-electron chi connectivity index (χ3n) is 2.29. The first-order valence-corrected chi connectivity index (χ1v) is 4.43. The molecular weight excluding hydrogens is 174 g/mol. The molecule has 1 aliphatic carbocycles. The first kappa shape index (κ1) is 7.80. The minimum Gasteiger partial charge on any atom is -0.382 e. The Morgan fingerprint density at radius 2 is 2.25 bits per heavy atom. The molecular formula is C8H10ClN3. The van der Waals surface area contributed by atoms with Gasteiger partial charge in [0.1, 0.15) is 11.0 Å². The second kappa shape index (κ2) is 2.90. The normalized spacial score (nSPS) is 17.4. The van der Waals surface area contributed by atoms with Crippen LogP contribution in [-0.4, -0.2) is 9.97 Å². The van der Waals surface area contributed by atoms with E-state index in [0.717, 1.165) is 5.69 Å². The lowest BCUT2D eigenvalue weighted by molar-refractivity contribution is 0.411. The summed E-state index contributed by atoms with van der Waals surface area (Å²) < 4.78 is 0. The maximum Gasteiger partial charge on any atom is 0.149 e. The van der Waals surface area contributed by atoms with E-state index in [1.54, 1.807) is 6.20 Å². The van der Waals surface area contributed by atoms with Gasteiger partial charge in [0, 0.05) is 5.92 Å². The number of halogens is 1. The molecule has 0 aromatic carbocycles. The molecule has 0 bridgehead atoms. The zero-order valence-corrected chi connectivity index (χ0v) is 7.38. The topological polar surface area (TPSA) is 51.8 Å². The molecule has 0 atom stereocenters. The molecule has 0 spiro atoms. The van der Waals surface area contributed by atoms with E-state index < -0.39 is 0 Å². The maximum absolute atomic E-state index is 5.67. The van der Waals surface area contributed by atoms with Crippen LogP contribution in [0.15, 0.2) is 6.20 Å². The van der Waals surface area contributed by atoms with E-state index in [-0.39, 0.29) is 0 Å². The van der Waals surface area contributed by atoms with Gasteiger partial charge in [-0.05, 0) is 12.8 Å². The van der Waals surface area contributed by atoms with Crippen molar-refractivity contribution in [2.45, 2.75) is 25.2 Å². The highest BCUT2D eigenvalue weighted by Gasteiger charge is 2.23. The van der Waals surface area contributed by atoms with E-state index in [0.29, 0.717) is 16.9 Å². The quantitative estimate of drug-likeness (QED) is 0.725. The predicted octanol–water partition coefficient (Wildman–Crippen LogP) is 1.98. The highest BCUT2D eigenvalue weighted by Crippen LogP contribution is 2.37. The van der Waals surface area contributed by atoms with Crippen molar-refractivity contribution in [2.24, 2.45) is 0 Å². The Bertz CT molecular complexity index is 296. The summed E-state index contributed by atoms with van der Waals surface area (Å²) in [6.45, 7) is 0. The van der Waals surface area contributed by atoms with Crippen molar-refractivity contribution in [2.75, 3.05) is 5.73 Å². The van der Waals surface area contributed by atoms with Crippen LogP contribution >= 0.6 is 11.6 Å². The molecule has 1 aromatic heterocycles. The second-order valence-corrected chi connectivity index (χ2v) is 3.48. The van der Waals surface area contributed by atoms with Gasteiger partial charge in [0.2, 0.25) is 0 Å². The Balaban J connectivity index is 2.31. The first-order valence-electron chi connectivity index (χ1n) is 4.05. The molecule has 2 rings (SSSR count). The summed E-state index contributed by atoms with van der Waals surface area (Å²) in [6.07, 6.45) is 5.20. The molecule has 64 valence electrons. The van der Waals surface area contributed by atoms with Gasteiger partial charge in [-0.3, -0.25) is 4.98 Å². The maximum atomic E-state index is 5.67. The van der Waals surface area contributed by atoms with E-state index in [9.17, 15) is 0 Å². The summed E-state index contributed by atoms with van der Waals surface area (Å²) in [5.41, 5.74) is 6.60. The van der Waals surface area contributed by atoms with Crippen LogP contribution in [0.3, 0.4) is 0 Å². The third-order valence-corrected chi connectivity index (χ3v) is 2.47. The SMILES string of the molecule is Nc1nc(Cl)cnc1C1CCC1. The zero-order valence-electron chi connectivity index (χ0n) is 6.63. The van der Waals surface area contributed by atoms with Crippen molar-refractivity contribution in [3.8, 4) is 0 Å². The lowest BCUT2D eigenvalue weighted by Gasteiger charge is -2.25. The summed E-state index contributed by atoms with van der Waals surface area (Å²) in [6, 6.07) is 0. The molecule has 1 aromatic rings. The van der Waals surface area contributed by atoms with Gasteiger partial charge < -0.3 is 5.73 Å². The molecule has 0 aliphatic heterocycles. The summed E-state index contributed by atoms with van der Waals surface area (Å²) in [4.78, 5) is 8.14. The highest BCUT2D eigenvalue weighted by atomic mass is 35.5. The molecule has 1 heterocycles. The number of nitrogens with zero attached hydrogens (tertiary/aromatic N) is 2. The summed E-state index contributed by atoms with van der Waals surface area (Å²) in [5.74, 6) is 1.02. The highest BCUT2D eigenvalue weighted by molar-refractivity contribution is 6.29. The van der Waals surface area contributed by atoms with Gasteiger partial charge in [-0.2, -0.15) is 0 Å². The summed E-state index contributed by atoms with van der Waals surface area (Å²) in [7, 11) is 0. The molecule has 4 heteroatoms. The van der Waals surface area contributed by atoms with Crippen molar-refractivity contribution < 1.29 is 0 Å². The molecule has 1 aliphatic rings. The number of rotatable bonds is 1. The summed E-state index contributed by atoms with van der Waals surface area (Å²) in [5, 5.41) is 0.371. The van der Waals surface area contributed by atoms with Crippen LogP contribution in [0, 0.1) is 0 Å². The summed E-state index contributed by atoms with van der Waals surface area (Å²) >= 11 is 5.63. The van der Waals surface area contributed by atoms with Crippen LogP contribution in [0.2, 0.25) is 5.15 Å². The zero-order chi connectivity index (χ0) is 8.55. The number of aromatic nitrogens is 2. The molecule has 1 fully saturated rings. The van der Waals surface area contributed by atoms with Gasteiger partial charge in [0.05, 0.1) is 11.9 Å². The van der Waals surface area contributed by atoms with Gasteiger partial charge >= 0.3 is 0 Å². The van der Waals surface area contributed by atoms with Gasteiger partial charge in [0.15, 0.2) is 0 Å². The van der Waals surface area contributed by atoms with Crippen LogP contribution in [-0.2, 0) is 0 Å². The van der Waals surface area contributed by atoms with Crippen molar-refractivity contribution >= 4 is 17.4 Å². The number of nitrogen functional groups attached to an aromatic ring is 1. The van der Waals surface area contributed by atoms with Gasteiger partial charge in [0.25, 0.3) is 0 Å². The smallest absolute Gasteiger partial charge is 0.149 e. The number of hydrogen-bond acceptors (Lipinski definition) is 3. The third kappa shape index (κ3) is 1.25. The molecule has 0 amide bonds. The minimum absolute atomic E-state index is 0.371. The molecule has 0 saturated heterocycles. The molecule has 12 heavy (non-hydrogen) atoms. The van der Waals surface area contributed by atoms with Crippen molar-refractivity contribution in [3.05, 3.63) is 17.0 Å². The van der Waals surface area contributed by atoms with Crippen LogP contribution in [0.5, 0.6) is 0 Å². The van der Waals surface area contributed by atoms with Crippen LogP contribution in [0.1, 0.15) is 30.9 Å². The van der Waals surface area contributed by atoms with E-state index in [1.165, 1.54) is 19.3 Å². The van der Waals surface area contributed by atoms with E-state index in [1.807, 2.05) is 0 Å². The molecule has 0 radical (unpaired) electrons. The Hall–Kier alpha value is -0.830. The fraction of sp³-hybridized carbons (Fsp3) is 0.500. The van der Waals surface area contributed by atoms with E-state index in [4.69, 9.17) is 17.3 Å². The standard InChI is InChI=1S/C8H10ClN3/c9-6-4-11-7(8(10)12-6)5-2-1-3-5/h4-5H,1-3H2,(H2,10,12). The fourth-order valence-electron chi connectivity index (χ4n) is 1.39.